The van der Waals surface area contributed by atoms with Crippen LogP contribution >= 0.6 is 11.3 Å². The van der Waals surface area contributed by atoms with E-state index in [1.165, 1.54) is 58.8 Å². The molecular formula is C36H21NOS. The maximum Gasteiger partial charge on any atom is 0.135 e. The Labute approximate surface area is 227 Å². The fourth-order valence-electron chi connectivity index (χ4n) is 6.26. The first-order valence-electron chi connectivity index (χ1n) is 13.2. The first kappa shape index (κ1) is 21.1. The molecule has 0 saturated heterocycles. The second kappa shape index (κ2) is 7.83. The summed E-state index contributed by atoms with van der Waals surface area (Å²) in [6, 6.07) is 45.9. The van der Waals surface area contributed by atoms with Crippen molar-refractivity contribution in [2.75, 3.05) is 0 Å². The summed E-state index contributed by atoms with van der Waals surface area (Å²) in [7, 11) is 0. The molecule has 0 unspecified atom stereocenters. The van der Waals surface area contributed by atoms with E-state index in [1.54, 1.807) is 0 Å². The van der Waals surface area contributed by atoms with E-state index in [0.717, 1.165) is 21.9 Å². The van der Waals surface area contributed by atoms with E-state index in [9.17, 15) is 0 Å². The standard InChI is InChI=1S/C36H21NOS/c1-4-11-29-24(8-1)25-9-2-5-12-30(25)37(29)31-13-7-15-35-36(31)28-21-23(17-19-34(28)39-35)22-16-18-33-27(20-22)26-10-3-6-14-32(26)38-33/h1-21H. The molecule has 0 aliphatic rings. The lowest BCUT2D eigenvalue weighted by Gasteiger charge is -2.10. The SMILES string of the molecule is c1ccc2c(c1)oc1ccc(-c3ccc4sc5cccc(-n6c7ccccc7c7ccccc76)c5c4c3)cc12. The van der Waals surface area contributed by atoms with E-state index in [4.69, 9.17) is 4.42 Å². The molecule has 0 radical (unpaired) electrons. The highest BCUT2D eigenvalue weighted by molar-refractivity contribution is 7.25. The Morgan fingerprint density at radius 1 is 0.462 bits per heavy atom. The molecule has 182 valence electrons. The van der Waals surface area contributed by atoms with Crippen molar-refractivity contribution in [3.8, 4) is 16.8 Å². The van der Waals surface area contributed by atoms with E-state index in [0.29, 0.717) is 0 Å². The molecule has 0 aliphatic carbocycles. The van der Waals surface area contributed by atoms with Gasteiger partial charge in [-0.05, 0) is 65.7 Å². The van der Waals surface area contributed by atoms with Crippen LogP contribution < -0.4 is 0 Å². The number of hydrogen-bond donors (Lipinski definition) is 0. The lowest BCUT2D eigenvalue weighted by molar-refractivity contribution is 0.669. The Morgan fingerprint density at radius 2 is 1.10 bits per heavy atom. The van der Waals surface area contributed by atoms with E-state index < -0.39 is 0 Å². The smallest absolute Gasteiger partial charge is 0.135 e. The van der Waals surface area contributed by atoms with Crippen molar-refractivity contribution in [1.29, 1.82) is 0 Å². The Balaban J connectivity index is 1.33. The van der Waals surface area contributed by atoms with E-state index in [-0.39, 0.29) is 0 Å². The lowest BCUT2D eigenvalue weighted by atomic mass is 10.0. The number of nitrogens with zero attached hydrogens (tertiary/aromatic N) is 1. The normalized spacial score (nSPS) is 12.1. The van der Waals surface area contributed by atoms with Gasteiger partial charge in [0.05, 0.1) is 16.7 Å². The third kappa shape index (κ3) is 2.96. The first-order chi connectivity index (χ1) is 19.3. The third-order valence-corrected chi connectivity index (χ3v) is 9.14. The van der Waals surface area contributed by atoms with Gasteiger partial charge >= 0.3 is 0 Å². The van der Waals surface area contributed by atoms with Crippen LogP contribution in [-0.2, 0) is 0 Å². The Bertz CT molecular complexity index is 2350. The van der Waals surface area contributed by atoms with Crippen LogP contribution in [0.25, 0.3) is 80.7 Å². The summed E-state index contributed by atoms with van der Waals surface area (Å²) in [6.45, 7) is 0. The Hall–Kier alpha value is -4.86. The molecule has 9 aromatic rings. The molecule has 0 spiro atoms. The van der Waals surface area contributed by atoms with Gasteiger partial charge in [0.2, 0.25) is 0 Å². The average molecular weight is 516 g/mol. The summed E-state index contributed by atoms with van der Waals surface area (Å²) in [5.41, 5.74) is 7.97. The molecule has 0 amide bonds. The van der Waals surface area contributed by atoms with E-state index >= 15 is 0 Å². The van der Waals surface area contributed by atoms with Crippen LogP contribution in [-0.4, -0.2) is 4.57 Å². The molecule has 3 heteroatoms. The number of hydrogen-bond acceptors (Lipinski definition) is 2. The molecule has 0 bridgehead atoms. The van der Waals surface area contributed by atoms with Gasteiger partial charge in [-0.2, -0.15) is 0 Å². The van der Waals surface area contributed by atoms with Gasteiger partial charge in [-0.25, -0.2) is 0 Å². The predicted octanol–water partition coefficient (Wildman–Crippen LogP) is 10.7. The summed E-state index contributed by atoms with van der Waals surface area (Å²) >= 11 is 1.87. The molecule has 0 N–H and O–H groups in total. The van der Waals surface area contributed by atoms with Crippen molar-refractivity contribution in [2.45, 2.75) is 0 Å². The number of benzene rings is 6. The summed E-state index contributed by atoms with van der Waals surface area (Å²) in [5, 5.41) is 7.48. The summed E-state index contributed by atoms with van der Waals surface area (Å²) in [6.07, 6.45) is 0. The van der Waals surface area contributed by atoms with Gasteiger partial charge in [0.25, 0.3) is 0 Å². The third-order valence-electron chi connectivity index (χ3n) is 8.00. The molecule has 3 aromatic heterocycles. The van der Waals surface area contributed by atoms with Crippen LogP contribution in [0, 0.1) is 0 Å². The van der Waals surface area contributed by atoms with Gasteiger partial charge in [0.15, 0.2) is 0 Å². The van der Waals surface area contributed by atoms with Crippen LogP contribution in [0.5, 0.6) is 0 Å². The minimum absolute atomic E-state index is 0.927. The van der Waals surface area contributed by atoms with Crippen LogP contribution in [0.1, 0.15) is 0 Å². The fourth-order valence-corrected chi connectivity index (χ4v) is 7.37. The molecule has 3 heterocycles. The van der Waals surface area contributed by atoms with Gasteiger partial charge in [-0.1, -0.05) is 72.8 Å². The molecule has 6 aromatic carbocycles. The Kier molecular flexibility index (Phi) is 4.24. The van der Waals surface area contributed by atoms with Crippen molar-refractivity contribution in [2.24, 2.45) is 0 Å². The zero-order valence-electron chi connectivity index (χ0n) is 20.9. The second-order valence-corrected chi connectivity index (χ2v) is 11.2. The quantitative estimate of drug-likeness (QED) is 0.224. The van der Waals surface area contributed by atoms with Crippen molar-refractivity contribution in [1.82, 2.24) is 4.57 Å². The first-order valence-corrected chi connectivity index (χ1v) is 14.0. The summed E-state index contributed by atoms with van der Waals surface area (Å²) < 4.78 is 11.1. The van der Waals surface area contributed by atoms with Crippen LogP contribution in [0.2, 0.25) is 0 Å². The van der Waals surface area contributed by atoms with Crippen LogP contribution in [0.4, 0.5) is 0 Å². The van der Waals surface area contributed by atoms with Crippen molar-refractivity contribution < 1.29 is 4.42 Å². The maximum atomic E-state index is 6.09. The predicted molar refractivity (Wildman–Crippen MR) is 166 cm³/mol. The number of para-hydroxylation sites is 3. The van der Waals surface area contributed by atoms with Crippen molar-refractivity contribution >= 4 is 75.3 Å². The van der Waals surface area contributed by atoms with Crippen molar-refractivity contribution in [3.63, 3.8) is 0 Å². The second-order valence-electron chi connectivity index (χ2n) is 10.1. The number of furan rings is 1. The largest absolute Gasteiger partial charge is 0.456 e. The zero-order chi connectivity index (χ0) is 25.5. The summed E-state index contributed by atoms with van der Waals surface area (Å²) in [4.78, 5) is 0. The topological polar surface area (TPSA) is 18.1 Å². The maximum absolute atomic E-state index is 6.09. The van der Waals surface area contributed by atoms with Gasteiger partial charge in [-0.3, -0.25) is 0 Å². The molecule has 0 aliphatic heterocycles. The average Bonchev–Trinajstić information content (AvgIpc) is 3.66. The van der Waals surface area contributed by atoms with E-state index in [2.05, 4.69) is 120 Å². The highest BCUT2D eigenvalue weighted by Gasteiger charge is 2.17. The minimum Gasteiger partial charge on any atom is -0.456 e. The Morgan fingerprint density at radius 3 is 1.90 bits per heavy atom. The minimum atomic E-state index is 0.927. The number of thiophene rings is 1. The molecule has 2 nitrogen and oxygen atoms in total. The lowest BCUT2D eigenvalue weighted by Crippen LogP contribution is -1.94. The monoisotopic (exact) mass is 515 g/mol. The van der Waals surface area contributed by atoms with Gasteiger partial charge in [-0.15, -0.1) is 11.3 Å². The molecule has 0 saturated carbocycles. The fraction of sp³-hybridized carbons (Fsp3) is 0. The van der Waals surface area contributed by atoms with Gasteiger partial charge < -0.3 is 8.98 Å². The van der Waals surface area contributed by atoms with Gasteiger partial charge in [0.1, 0.15) is 11.2 Å². The molecule has 0 atom stereocenters. The van der Waals surface area contributed by atoms with Crippen molar-refractivity contribution in [3.05, 3.63) is 127 Å². The van der Waals surface area contributed by atoms with Gasteiger partial charge in [0, 0.05) is 41.7 Å². The highest BCUT2D eigenvalue weighted by atomic mass is 32.1. The van der Waals surface area contributed by atoms with E-state index in [1.807, 2.05) is 23.5 Å². The highest BCUT2D eigenvalue weighted by Crippen LogP contribution is 2.42. The van der Waals surface area contributed by atoms with Crippen LogP contribution in [0.3, 0.4) is 0 Å². The number of rotatable bonds is 2. The summed E-state index contributed by atoms with van der Waals surface area (Å²) in [5.74, 6) is 0. The zero-order valence-corrected chi connectivity index (χ0v) is 21.7. The molecule has 39 heavy (non-hydrogen) atoms. The number of aromatic nitrogens is 1. The number of fused-ring (bicyclic) bond motifs is 9. The van der Waals surface area contributed by atoms with Crippen LogP contribution in [0.15, 0.2) is 132 Å². The molecular weight excluding hydrogens is 494 g/mol. The molecule has 0 fully saturated rings. The molecule has 9 rings (SSSR count).